The molecule has 0 saturated carbocycles. The molecule has 0 spiro atoms. The Labute approximate surface area is 403 Å². The molecule has 0 amide bonds. The number of rotatable bonds is 5. The maximum absolute atomic E-state index is 4.18. The van der Waals surface area contributed by atoms with Crippen molar-refractivity contribution in [3.63, 3.8) is 0 Å². The van der Waals surface area contributed by atoms with Crippen molar-refractivity contribution in [2.75, 3.05) is 0 Å². The summed E-state index contributed by atoms with van der Waals surface area (Å²) in [6.45, 7) is 28.2. The Morgan fingerprint density at radius 3 is 1.47 bits per heavy atom. The fraction of sp³-hybridized carbons (Fsp3) is 0.288. The molecular formula is C59H61Cl2Zr. The largest absolute Gasteiger partial charge is 3.00 e. The number of benzene rings is 6. The molecule has 0 nitrogen and oxygen atoms in total. The number of halogens is 2. The van der Waals surface area contributed by atoms with Crippen molar-refractivity contribution < 1.29 is 51.0 Å². The van der Waals surface area contributed by atoms with Gasteiger partial charge in [0, 0.05) is 0 Å². The molecule has 0 aliphatic heterocycles. The molecule has 2 aliphatic carbocycles. The van der Waals surface area contributed by atoms with Crippen molar-refractivity contribution in [2.45, 2.75) is 111 Å². The Morgan fingerprint density at radius 1 is 0.532 bits per heavy atom. The van der Waals surface area contributed by atoms with Crippen LogP contribution in [0.5, 0.6) is 0 Å². The molecule has 1 radical (unpaired) electrons. The smallest absolute Gasteiger partial charge is 1.00 e. The van der Waals surface area contributed by atoms with E-state index in [-0.39, 0.29) is 72.7 Å². The van der Waals surface area contributed by atoms with Gasteiger partial charge in [-0.3, -0.25) is 0 Å². The van der Waals surface area contributed by atoms with Gasteiger partial charge in [0.15, 0.2) is 0 Å². The topological polar surface area (TPSA) is 0 Å². The third-order valence-electron chi connectivity index (χ3n) is 12.3. The van der Waals surface area contributed by atoms with Crippen LogP contribution in [0.2, 0.25) is 0 Å². The first kappa shape index (κ1) is 49.0. The predicted molar refractivity (Wildman–Crippen MR) is 254 cm³/mol. The molecule has 0 bridgehead atoms. The van der Waals surface area contributed by atoms with Crippen LogP contribution in [-0.2, 0) is 47.9 Å². The van der Waals surface area contributed by atoms with E-state index in [0.717, 1.165) is 11.6 Å². The molecular weight excluding hydrogens is 871 g/mol. The molecule has 0 fully saturated rings. The van der Waals surface area contributed by atoms with Gasteiger partial charge in [-0.15, -0.1) is 33.4 Å². The molecule has 2 aliphatic rings. The van der Waals surface area contributed by atoms with Gasteiger partial charge in [0.05, 0.1) is 0 Å². The van der Waals surface area contributed by atoms with Crippen LogP contribution in [0.1, 0.15) is 134 Å². The summed E-state index contributed by atoms with van der Waals surface area (Å²) in [7, 11) is 0. The molecule has 0 heterocycles. The SMILES string of the molecule is CC(C)(C)c1ccc(C(c2ccc(C(C)(C)C)cc2)=c2c(C(C)(C)C)c(-c3ccccc3)c(C3=CC=CC3)c3c2=c2cc(C(C)(C)C)c(-c4ccccc4)cc2=[C-]3)cc1.[Cl-].[Cl-].[Zr+3]. The maximum atomic E-state index is 4.18. The maximum Gasteiger partial charge on any atom is 3.00 e. The Morgan fingerprint density at radius 2 is 1.03 bits per heavy atom. The van der Waals surface area contributed by atoms with E-state index in [9.17, 15) is 0 Å². The van der Waals surface area contributed by atoms with E-state index in [4.69, 9.17) is 0 Å². The first-order valence-corrected chi connectivity index (χ1v) is 21.6. The molecule has 6 aromatic carbocycles. The van der Waals surface area contributed by atoms with Crippen LogP contribution in [0.3, 0.4) is 0 Å². The van der Waals surface area contributed by atoms with E-state index >= 15 is 0 Å². The van der Waals surface area contributed by atoms with E-state index in [1.165, 1.54) is 93.6 Å². The van der Waals surface area contributed by atoms with Gasteiger partial charge in [-0.05, 0) is 94.5 Å². The van der Waals surface area contributed by atoms with E-state index in [1.54, 1.807) is 0 Å². The second-order valence-electron chi connectivity index (χ2n) is 20.9. The van der Waals surface area contributed by atoms with Crippen LogP contribution in [-0.4, -0.2) is 0 Å². The first-order valence-electron chi connectivity index (χ1n) is 21.6. The van der Waals surface area contributed by atoms with Crippen LogP contribution in [0.4, 0.5) is 0 Å². The van der Waals surface area contributed by atoms with E-state index in [0.29, 0.717) is 0 Å². The Hall–Kier alpha value is -4.00. The zero-order valence-electron chi connectivity index (χ0n) is 38.7. The van der Waals surface area contributed by atoms with Crippen LogP contribution in [0, 0.1) is 10.4 Å². The average molecular weight is 932 g/mol. The molecule has 0 N–H and O–H groups in total. The predicted octanol–water partition coefficient (Wildman–Crippen LogP) is 8.11. The quantitative estimate of drug-likeness (QED) is 0.153. The van der Waals surface area contributed by atoms with Crippen LogP contribution < -0.4 is 35.3 Å². The minimum Gasteiger partial charge on any atom is -1.00 e. The van der Waals surface area contributed by atoms with Crippen molar-refractivity contribution in [2.24, 2.45) is 0 Å². The summed E-state index contributed by atoms with van der Waals surface area (Å²) >= 11 is 0. The van der Waals surface area contributed by atoms with Crippen molar-refractivity contribution in [3.05, 3.63) is 205 Å². The summed E-state index contributed by atoms with van der Waals surface area (Å²) in [4.78, 5) is 0. The molecule has 315 valence electrons. The Balaban J connectivity index is 0.00000242. The van der Waals surface area contributed by atoms with Gasteiger partial charge in [0.2, 0.25) is 0 Å². The zero-order valence-corrected chi connectivity index (χ0v) is 42.7. The molecule has 0 unspecified atom stereocenters. The summed E-state index contributed by atoms with van der Waals surface area (Å²) in [5.74, 6) is 0. The molecule has 0 saturated heterocycles. The summed E-state index contributed by atoms with van der Waals surface area (Å²) in [5.41, 5.74) is 17.8. The second kappa shape index (κ2) is 18.2. The normalized spacial score (nSPS) is 13.2. The molecule has 3 heteroatoms. The van der Waals surface area contributed by atoms with Gasteiger partial charge in [-0.2, -0.15) is 0 Å². The third kappa shape index (κ3) is 9.30. The van der Waals surface area contributed by atoms with Crippen molar-refractivity contribution in [1.82, 2.24) is 0 Å². The van der Waals surface area contributed by atoms with Gasteiger partial charge >= 0.3 is 26.2 Å². The number of fused-ring (bicyclic) bond motifs is 2. The standard InChI is InChI=1S/C59H61.2ClH.Zr/c1-56(2,3)44-31-27-41(28-32-44)50(42-29-33-45(34-30-42)57(4,5)6)54-53-47-37-49(58(7,8)9)46(38-21-15-13-16-22-38)35-43(47)36-48(53)51(39-25-19-20-26-39)52(55(54)59(10,11)12)40-23-17-14-18-24-40;;;/h13-25,27-35,37H,26H2,1-12H3;2*1H;/q-1;;;+3/p-2. The van der Waals surface area contributed by atoms with Crippen molar-refractivity contribution in [3.8, 4) is 22.3 Å². The van der Waals surface area contributed by atoms with Gasteiger partial charge in [0.1, 0.15) is 0 Å². The summed E-state index contributed by atoms with van der Waals surface area (Å²) < 4.78 is 0. The van der Waals surface area contributed by atoms with E-state index in [1.807, 2.05) is 0 Å². The van der Waals surface area contributed by atoms with Gasteiger partial charge < -0.3 is 24.8 Å². The van der Waals surface area contributed by atoms with Crippen molar-refractivity contribution in [1.29, 1.82) is 0 Å². The number of hydrogen-bond acceptors (Lipinski definition) is 0. The summed E-state index contributed by atoms with van der Waals surface area (Å²) in [5, 5.41) is 5.05. The summed E-state index contributed by atoms with van der Waals surface area (Å²) in [6, 6.07) is 46.0. The fourth-order valence-electron chi connectivity index (χ4n) is 9.24. The van der Waals surface area contributed by atoms with E-state index in [2.05, 4.69) is 229 Å². The Kier molecular flexibility index (Phi) is 14.4. The van der Waals surface area contributed by atoms with Crippen LogP contribution in [0.25, 0.3) is 39.5 Å². The minimum absolute atomic E-state index is 0. The van der Waals surface area contributed by atoms with Gasteiger partial charge in [-0.1, -0.05) is 228 Å². The number of hydrogen-bond donors (Lipinski definition) is 0. The zero-order chi connectivity index (χ0) is 42.1. The molecule has 0 aromatic heterocycles. The van der Waals surface area contributed by atoms with Crippen LogP contribution in [0.15, 0.2) is 140 Å². The second-order valence-corrected chi connectivity index (χ2v) is 20.9. The first-order chi connectivity index (χ1) is 27.8. The third-order valence-corrected chi connectivity index (χ3v) is 12.3. The minimum atomic E-state index is -0.238. The Bertz CT molecular complexity index is 2810. The van der Waals surface area contributed by atoms with Gasteiger partial charge in [-0.25, -0.2) is 0 Å². The number of allylic oxidation sites excluding steroid dienone is 4. The monoisotopic (exact) mass is 929 g/mol. The van der Waals surface area contributed by atoms with E-state index < -0.39 is 0 Å². The van der Waals surface area contributed by atoms with Gasteiger partial charge in [0.25, 0.3) is 0 Å². The van der Waals surface area contributed by atoms with Crippen molar-refractivity contribution >= 4 is 17.2 Å². The molecule has 0 atom stereocenters. The molecule has 62 heavy (non-hydrogen) atoms. The molecule has 8 rings (SSSR count). The average Bonchev–Trinajstić information content (AvgIpc) is 3.85. The van der Waals surface area contributed by atoms with Crippen LogP contribution >= 0.6 is 0 Å². The fourth-order valence-corrected chi connectivity index (χ4v) is 9.24. The molecule has 6 aromatic rings. The summed E-state index contributed by atoms with van der Waals surface area (Å²) in [6.07, 6.45) is 12.0.